The van der Waals surface area contributed by atoms with Crippen LogP contribution in [0.2, 0.25) is 0 Å². The van der Waals surface area contributed by atoms with E-state index in [1.807, 2.05) is 13.8 Å². The number of carbonyl (C=O) groups excluding carboxylic acids is 1. The molecule has 9 heteroatoms. The summed E-state index contributed by atoms with van der Waals surface area (Å²) in [5.74, 6) is -0.918. The largest absolute Gasteiger partial charge is 0.416 e. The number of amides is 1. The van der Waals surface area contributed by atoms with Crippen LogP contribution in [0.5, 0.6) is 0 Å². The summed E-state index contributed by atoms with van der Waals surface area (Å²) in [6, 6.07) is 8.98. The maximum Gasteiger partial charge on any atom is 0.416 e. The van der Waals surface area contributed by atoms with Crippen LogP contribution in [0.3, 0.4) is 0 Å². The summed E-state index contributed by atoms with van der Waals surface area (Å²) in [6.07, 6.45) is -3.77. The predicted octanol–water partition coefficient (Wildman–Crippen LogP) is 5.41. The number of carbonyl (C=O) groups is 1. The molecule has 0 saturated heterocycles. The summed E-state index contributed by atoms with van der Waals surface area (Å²) < 4.78 is 56.9. The van der Waals surface area contributed by atoms with E-state index in [4.69, 9.17) is 4.52 Å². The second-order valence-corrected chi connectivity index (χ2v) is 6.88. The Morgan fingerprint density at radius 2 is 1.87 bits per heavy atom. The normalized spacial score (nSPS) is 13.7. The highest BCUT2D eigenvalue weighted by Crippen LogP contribution is 2.31. The molecule has 158 valence electrons. The van der Waals surface area contributed by atoms with Crippen molar-refractivity contribution in [3.05, 3.63) is 71.4 Å². The minimum atomic E-state index is -4.44. The molecular formula is C21H19F4N3O2. The molecule has 1 heterocycles. The van der Waals surface area contributed by atoms with E-state index in [-0.39, 0.29) is 23.2 Å². The second kappa shape index (κ2) is 8.64. The average molecular weight is 421 g/mol. The molecule has 3 rings (SSSR count). The number of aromatic nitrogens is 2. The van der Waals surface area contributed by atoms with E-state index in [9.17, 15) is 22.4 Å². The Hall–Kier alpha value is -3.23. The maximum atomic E-state index is 13.4. The molecule has 30 heavy (non-hydrogen) atoms. The van der Waals surface area contributed by atoms with Gasteiger partial charge >= 0.3 is 6.18 Å². The number of nitrogens with one attached hydrogen (secondary N) is 1. The molecule has 0 unspecified atom stereocenters. The predicted molar refractivity (Wildman–Crippen MR) is 101 cm³/mol. The van der Waals surface area contributed by atoms with E-state index >= 15 is 0 Å². The third kappa shape index (κ3) is 4.84. The first-order valence-corrected chi connectivity index (χ1v) is 9.26. The molecule has 0 aliphatic rings. The van der Waals surface area contributed by atoms with Gasteiger partial charge in [0.05, 0.1) is 5.56 Å². The second-order valence-electron chi connectivity index (χ2n) is 6.88. The summed E-state index contributed by atoms with van der Waals surface area (Å²) in [7, 11) is 0. The van der Waals surface area contributed by atoms with Gasteiger partial charge in [0, 0.05) is 11.1 Å². The van der Waals surface area contributed by atoms with Gasteiger partial charge in [-0.1, -0.05) is 43.6 Å². The number of benzene rings is 2. The first-order valence-electron chi connectivity index (χ1n) is 9.26. The summed E-state index contributed by atoms with van der Waals surface area (Å²) in [4.78, 5) is 16.8. The molecule has 1 N–H and O–H groups in total. The number of hydrogen-bond acceptors (Lipinski definition) is 4. The smallest absolute Gasteiger partial charge is 0.340 e. The lowest BCUT2D eigenvalue weighted by atomic mass is 9.98. The minimum absolute atomic E-state index is 0.0941. The van der Waals surface area contributed by atoms with Crippen molar-refractivity contribution in [1.29, 1.82) is 0 Å². The Morgan fingerprint density at radius 1 is 1.17 bits per heavy atom. The molecule has 2 aromatic carbocycles. The van der Waals surface area contributed by atoms with Crippen molar-refractivity contribution in [3.63, 3.8) is 0 Å². The molecule has 0 radical (unpaired) electrons. The minimum Gasteiger partial charge on any atom is -0.340 e. The third-order valence-electron chi connectivity index (χ3n) is 4.76. The molecule has 0 aliphatic heterocycles. The van der Waals surface area contributed by atoms with E-state index in [1.54, 1.807) is 0 Å². The average Bonchev–Trinajstić information content (AvgIpc) is 3.20. The summed E-state index contributed by atoms with van der Waals surface area (Å²) in [5.41, 5.74) is -0.294. The Kier molecular flexibility index (Phi) is 6.19. The van der Waals surface area contributed by atoms with E-state index in [0.717, 1.165) is 18.2 Å². The quantitative estimate of drug-likeness (QED) is 0.541. The SMILES string of the molecule is CC[C@@H](C)[C@H](NC(=O)c1cccc(F)c1)c1nc(-c2ccc(C(F)(F)F)cc2)no1. The van der Waals surface area contributed by atoms with Crippen LogP contribution in [0.4, 0.5) is 17.6 Å². The van der Waals surface area contributed by atoms with Gasteiger partial charge < -0.3 is 9.84 Å². The van der Waals surface area contributed by atoms with Crippen LogP contribution in [-0.4, -0.2) is 16.0 Å². The van der Waals surface area contributed by atoms with Crippen LogP contribution >= 0.6 is 0 Å². The molecule has 5 nitrogen and oxygen atoms in total. The van der Waals surface area contributed by atoms with Crippen LogP contribution in [0.15, 0.2) is 53.1 Å². The van der Waals surface area contributed by atoms with E-state index in [0.29, 0.717) is 12.0 Å². The molecule has 1 amide bonds. The Labute approximate surface area is 170 Å². The lowest BCUT2D eigenvalue weighted by Crippen LogP contribution is -2.32. The molecular weight excluding hydrogens is 402 g/mol. The van der Waals surface area contributed by atoms with Gasteiger partial charge in [-0.05, 0) is 36.2 Å². The molecule has 0 saturated carbocycles. The Balaban J connectivity index is 1.84. The van der Waals surface area contributed by atoms with Crippen LogP contribution < -0.4 is 5.32 Å². The fraction of sp³-hybridized carbons (Fsp3) is 0.286. The van der Waals surface area contributed by atoms with Crippen LogP contribution in [0, 0.1) is 11.7 Å². The number of hydrogen-bond donors (Lipinski definition) is 1. The van der Waals surface area contributed by atoms with E-state index in [2.05, 4.69) is 15.5 Å². The third-order valence-corrected chi connectivity index (χ3v) is 4.76. The number of nitrogens with zero attached hydrogens (tertiary/aromatic N) is 2. The van der Waals surface area contributed by atoms with Gasteiger partial charge in [0.15, 0.2) is 0 Å². The van der Waals surface area contributed by atoms with Gasteiger partial charge in [0.1, 0.15) is 11.9 Å². The zero-order chi connectivity index (χ0) is 21.9. The molecule has 0 bridgehead atoms. The first-order chi connectivity index (χ1) is 14.2. The van der Waals surface area contributed by atoms with Crippen molar-refractivity contribution in [1.82, 2.24) is 15.5 Å². The maximum absolute atomic E-state index is 13.4. The Morgan fingerprint density at radius 3 is 2.47 bits per heavy atom. The highest BCUT2D eigenvalue weighted by Gasteiger charge is 2.31. The van der Waals surface area contributed by atoms with Crippen LogP contribution in [0.1, 0.15) is 48.1 Å². The lowest BCUT2D eigenvalue weighted by Gasteiger charge is -2.20. The Bertz CT molecular complexity index is 1020. The highest BCUT2D eigenvalue weighted by molar-refractivity contribution is 5.94. The summed E-state index contributed by atoms with van der Waals surface area (Å²) in [6.45, 7) is 3.79. The standard InChI is InChI=1S/C21H19F4N3O2/c1-3-12(2)17(26-19(29)14-5-4-6-16(22)11-14)20-27-18(28-30-20)13-7-9-15(10-8-13)21(23,24)25/h4-12,17H,3H2,1-2H3,(H,26,29)/t12-,17+/m1/s1. The van der Waals surface area contributed by atoms with Crippen LogP contribution in [0.25, 0.3) is 11.4 Å². The van der Waals surface area contributed by atoms with E-state index in [1.165, 1.54) is 30.3 Å². The van der Waals surface area contributed by atoms with Crippen molar-refractivity contribution in [2.45, 2.75) is 32.5 Å². The monoisotopic (exact) mass is 421 g/mol. The van der Waals surface area contributed by atoms with Gasteiger partial charge in [-0.25, -0.2) is 4.39 Å². The van der Waals surface area contributed by atoms with E-state index < -0.39 is 29.5 Å². The molecule has 0 aliphatic carbocycles. The topological polar surface area (TPSA) is 68.0 Å². The summed E-state index contributed by atoms with van der Waals surface area (Å²) >= 11 is 0. The number of rotatable bonds is 6. The summed E-state index contributed by atoms with van der Waals surface area (Å²) in [5, 5.41) is 6.60. The van der Waals surface area contributed by atoms with Gasteiger partial charge in [-0.15, -0.1) is 0 Å². The zero-order valence-electron chi connectivity index (χ0n) is 16.2. The van der Waals surface area contributed by atoms with Crippen molar-refractivity contribution < 1.29 is 26.9 Å². The fourth-order valence-electron chi connectivity index (χ4n) is 2.82. The van der Waals surface area contributed by atoms with Gasteiger partial charge in [-0.2, -0.15) is 18.2 Å². The lowest BCUT2D eigenvalue weighted by molar-refractivity contribution is -0.137. The van der Waals surface area contributed by atoms with Gasteiger partial charge in [-0.3, -0.25) is 4.79 Å². The van der Waals surface area contributed by atoms with Crippen molar-refractivity contribution >= 4 is 5.91 Å². The van der Waals surface area contributed by atoms with Gasteiger partial charge in [0.25, 0.3) is 5.91 Å². The van der Waals surface area contributed by atoms with Crippen LogP contribution in [-0.2, 0) is 6.18 Å². The number of alkyl halides is 3. The van der Waals surface area contributed by atoms with Crippen molar-refractivity contribution in [2.75, 3.05) is 0 Å². The van der Waals surface area contributed by atoms with Crippen molar-refractivity contribution in [3.8, 4) is 11.4 Å². The zero-order valence-corrected chi connectivity index (χ0v) is 16.2. The molecule has 1 aromatic heterocycles. The highest BCUT2D eigenvalue weighted by atomic mass is 19.4. The first kappa shape index (κ1) is 21.5. The van der Waals surface area contributed by atoms with Gasteiger partial charge in [0.2, 0.25) is 11.7 Å². The van der Waals surface area contributed by atoms with Crippen molar-refractivity contribution in [2.24, 2.45) is 5.92 Å². The molecule has 2 atom stereocenters. The molecule has 3 aromatic rings. The molecule has 0 spiro atoms. The fourth-order valence-corrected chi connectivity index (χ4v) is 2.82. The molecule has 0 fully saturated rings. The number of halogens is 4.